The van der Waals surface area contributed by atoms with E-state index in [9.17, 15) is 9.90 Å². The van der Waals surface area contributed by atoms with Crippen LogP contribution in [0.25, 0.3) is 0 Å². The molecule has 3 aliphatic heterocycles. The summed E-state index contributed by atoms with van der Waals surface area (Å²) in [7, 11) is 1.64. The zero-order valence-electron chi connectivity index (χ0n) is 17.9. The van der Waals surface area contributed by atoms with E-state index in [0.717, 1.165) is 26.2 Å². The number of piperazine rings is 2. The van der Waals surface area contributed by atoms with Gasteiger partial charge in [-0.2, -0.15) is 0 Å². The minimum atomic E-state index is -0.665. The molecule has 3 saturated heterocycles. The van der Waals surface area contributed by atoms with Crippen molar-refractivity contribution in [2.24, 2.45) is 0 Å². The summed E-state index contributed by atoms with van der Waals surface area (Å²) < 4.78 is 11.3. The van der Waals surface area contributed by atoms with Gasteiger partial charge in [-0.1, -0.05) is 6.07 Å². The molecule has 10 heteroatoms. The monoisotopic (exact) mass is 476 g/mol. The van der Waals surface area contributed by atoms with E-state index >= 15 is 0 Å². The average Bonchev–Trinajstić information content (AvgIpc) is 3.05. The predicted octanol–water partition coefficient (Wildman–Crippen LogP) is 0.647. The molecule has 3 fully saturated rings. The van der Waals surface area contributed by atoms with Gasteiger partial charge < -0.3 is 25.2 Å². The molecule has 0 aromatic heterocycles. The average molecular weight is 477 g/mol. The second kappa shape index (κ2) is 12.1. The molecule has 0 spiro atoms. The fourth-order valence-corrected chi connectivity index (χ4v) is 4.59. The summed E-state index contributed by atoms with van der Waals surface area (Å²) in [5.74, 6) is 1.32. The molecular formula is C21H34Cl2N4O4. The molecule has 4 rings (SSSR count). The van der Waals surface area contributed by atoms with Crippen molar-refractivity contribution in [1.82, 2.24) is 20.4 Å². The van der Waals surface area contributed by atoms with E-state index in [1.807, 2.05) is 17.0 Å². The number of methoxy groups -OCH3 is 1. The number of amides is 1. The molecule has 176 valence electrons. The van der Waals surface area contributed by atoms with Crippen molar-refractivity contribution < 1.29 is 19.4 Å². The Labute approximate surface area is 196 Å². The summed E-state index contributed by atoms with van der Waals surface area (Å²) in [5, 5.41) is 16.7. The molecule has 1 amide bonds. The molecular weight excluding hydrogens is 443 g/mol. The van der Waals surface area contributed by atoms with E-state index in [-0.39, 0.29) is 37.3 Å². The van der Waals surface area contributed by atoms with E-state index in [1.165, 1.54) is 18.4 Å². The number of likely N-dealkylation sites (tertiary alicyclic amines) is 1. The Morgan fingerprint density at radius 1 is 1.16 bits per heavy atom. The minimum Gasteiger partial charge on any atom is -0.493 e. The smallest absolute Gasteiger partial charge is 0.234 e. The van der Waals surface area contributed by atoms with Gasteiger partial charge in [0.05, 0.1) is 13.7 Å². The first-order chi connectivity index (χ1) is 14.1. The highest BCUT2D eigenvalue weighted by Gasteiger charge is 2.32. The number of hydrogen-bond acceptors (Lipinski definition) is 7. The lowest BCUT2D eigenvalue weighted by molar-refractivity contribution is -0.124. The number of β-amino-alcohol motifs (C(OH)–C–C–N with tert-alkyl or cyclic N) is 1. The molecule has 0 saturated carbocycles. The molecule has 31 heavy (non-hydrogen) atoms. The SMILES string of the molecule is COc1cc(CN2C[C@H]3CC[C@@H](C2)N3)ccc1OCC(O)CN1CCNC(=O)C1.Cl.Cl. The number of hydrogen-bond donors (Lipinski definition) is 3. The fraction of sp³-hybridized carbons (Fsp3) is 0.667. The van der Waals surface area contributed by atoms with Crippen molar-refractivity contribution in [1.29, 1.82) is 0 Å². The largest absolute Gasteiger partial charge is 0.493 e. The quantitative estimate of drug-likeness (QED) is 0.507. The molecule has 0 aliphatic carbocycles. The number of aliphatic hydroxyl groups is 1. The second-order valence-corrected chi connectivity index (χ2v) is 8.37. The molecule has 8 nitrogen and oxygen atoms in total. The van der Waals surface area contributed by atoms with Crippen molar-refractivity contribution >= 4 is 30.7 Å². The summed E-state index contributed by atoms with van der Waals surface area (Å²) in [6, 6.07) is 7.28. The van der Waals surface area contributed by atoms with Crippen molar-refractivity contribution in [2.45, 2.75) is 37.6 Å². The molecule has 1 unspecified atom stereocenters. The van der Waals surface area contributed by atoms with Crippen molar-refractivity contribution in [2.75, 3.05) is 53.0 Å². The Morgan fingerprint density at radius 3 is 2.58 bits per heavy atom. The van der Waals surface area contributed by atoms with Gasteiger partial charge in [-0.25, -0.2) is 0 Å². The van der Waals surface area contributed by atoms with Crippen LogP contribution in [0, 0.1) is 0 Å². The third-order valence-electron chi connectivity index (χ3n) is 5.94. The standard InChI is InChI=1S/C21H32N4O4.2ClH/c1-28-20-8-15(9-25-10-16-3-4-17(11-25)23-16)2-5-19(20)29-14-18(26)12-24-7-6-22-21(27)13-24;;/h2,5,8,16-18,23,26H,3-4,6-7,9-14H2,1H3,(H,22,27);2*1H/t16-,17+,18?;;. The molecule has 3 N–H and O–H groups in total. The normalized spacial score (nSPS) is 24.5. The number of carbonyl (C=O) groups excluding carboxylic acids is 1. The van der Waals surface area contributed by atoms with Gasteiger partial charge >= 0.3 is 0 Å². The number of carbonyl (C=O) groups is 1. The van der Waals surface area contributed by atoms with Crippen LogP contribution < -0.4 is 20.1 Å². The van der Waals surface area contributed by atoms with E-state index < -0.39 is 6.10 Å². The summed E-state index contributed by atoms with van der Waals surface area (Å²) >= 11 is 0. The third-order valence-corrected chi connectivity index (χ3v) is 5.94. The molecule has 3 atom stereocenters. The van der Waals surface area contributed by atoms with Gasteiger partial charge in [0.1, 0.15) is 12.7 Å². The van der Waals surface area contributed by atoms with Gasteiger partial charge in [-0.05, 0) is 30.5 Å². The number of nitrogens with one attached hydrogen (secondary N) is 2. The van der Waals surface area contributed by atoms with Crippen LogP contribution in [-0.4, -0.2) is 92.0 Å². The maximum atomic E-state index is 11.4. The zero-order chi connectivity index (χ0) is 20.2. The van der Waals surface area contributed by atoms with Gasteiger partial charge in [0, 0.05) is 51.4 Å². The number of fused-ring (bicyclic) bond motifs is 2. The Balaban J connectivity index is 0.00000171. The van der Waals surface area contributed by atoms with Gasteiger partial charge in [-0.3, -0.25) is 14.6 Å². The van der Waals surface area contributed by atoms with E-state index in [0.29, 0.717) is 43.2 Å². The first kappa shape index (κ1) is 26.0. The first-order valence-corrected chi connectivity index (χ1v) is 10.5. The first-order valence-electron chi connectivity index (χ1n) is 10.5. The van der Waals surface area contributed by atoms with Crippen LogP contribution in [0.15, 0.2) is 18.2 Å². The number of ether oxygens (including phenoxy) is 2. The van der Waals surface area contributed by atoms with E-state index in [4.69, 9.17) is 9.47 Å². The minimum absolute atomic E-state index is 0. The Bertz CT molecular complexity index is 715. The van der Waals surface area contributed by atoms with Gasteiger partial charge in [0.15, 0.2) is 11.5 Å². The van der Waals surface area contributed by atoms with Gasteiger partial charge in [0.25, 0.3) is 0 Å². The van der Waals surface area contributed by atoms with Crippen LogP contribution in [0.2, 0.25) is 0 Å². The lowest BCUT2D eigenvalue weighted by Crippen LogP contribution is -2.50. The number of halogens is 2. The number of nitrogens with zero attached hydrogens (tertiary/aromatic N) is 2. The highest BCUT2D eigenvalue weighted by Crippen LogP contribution is 2.29. The van der Waals surface area contributed by atoms with Crippen LogP contribution in [-0.2, 0) is 11.3 Å². The lowest BCUT2D eigenvalue weighted by atomic mass is 10.1. The van der Waals surface area contributed by atoms with Gasteiger partial charge in [0.2, 0.25) is 5.91 Å². The Hall–Kier alpha value is -1.29. The lowest BCUT2D eigenvalue weighted by Gasteiger charge is -2.32. The summed E-state index contributed by atoms with van der Waals surface area (Å²) in [5.41, 5.74) is 1.20. The highest BCUT2D eigenvalue weighted by molar-refractivity contribution is 5.85. The molecule has 2 bridgehead atoms. The van der Waals surface area contributed by atoms with E-state index in [1.54, 1.807) is 7.11 Å². The summed E-state index contributed by atoms with van der Waals surface area (Å²) in [6.07, 6.45) is 1.89. The van der Waals surface area contributed by atoms with Crippen LogP contribution in [0.3, 0.4) is 0 Å². The van der Waals surface area contributed by atoms with Crippen molar-refractivity contribution in [3.8, 4) is 11.5 Å². The topological polar surface area (TPSA) is 86.3 Å². The second-order valence-electron chi connectivity index (χ2n) is 8.37. The highest BCUT2D eigenvalue weighted by atomic mass is 35.5. The van der Waals surface area contributed by atoms with Gasteiger partial charge in [-0.15, -0.1) is 24.8 Å². The number of rotatable bonds is 8. The van der Waals surface area contributed by atoms with Crippen molar-refractivity contribution in [3.63, 3.8) is 0 Å². The zero-order valence-corrected chi connectivity index (χ0v) is 19.6. The Morgan fingerprint density at radius 2 is 1.90 bits per heavy atom. The molecule has 3 heterocycles. The van der Waals surface area contributed by atoms with E-state index in [2.05, 4.69) is 21.6 Å². The maximum Gasteiger partial charge on any atom is 0.234 e. The van der Waals surface area contributed by atoms with Crippen molar-refractivity contribution in [3.05, 3.63) is 23.8 Å². The summed E-state index contributed by atoms with van der Waals surface area (Å²) in [6.45, 7) is 5.36. The number of benzene rings is 1. The molecule has 1 aromatic rings. The molecule has 3 aliphatic rings. The number of aliphatic hydroxyl groups excluding tert-OH is 1. The van der Waals surface area contributed by atoms with Crippen LogP contribution in [0.1, 0.15) is 18.4 Å². The third kappa shape index (κ3) is 7.10. The maximum absolute atomic E-state index is 11.4. The molecule has 0 radical (unpaired) electrons. The fourth-order valence-electron chi connectivity index (χ4n) is 4.59. The Kier molecular flexibility index (Phi) is 10.1. The van der Waals surface area contributed by atoms with Crippen LogP contribution in [0.4, 0.5) is 0 Å². The van der Waals surface area contributed by atoms with Crippen LogP contribution >= 0.6 is 24.8 Å². The predicted molar refractivity (Wildman–Crippen MR) is 124 cm³/mol. The molecule has 1 aromatic carbocycles. The van der Waals surface area contributed by atoms with Crippen LogP contribution in [0.5, 0.6) is 11.5 Å². The summed E-state index contributed by atoms with van der Waals surface area (Å²) in [4.78, 5) is 15.9.